The van der Waals surface area contributed by atoms with Crippen LogP contribution in [0.1, 0.15) is 33.6 Å². The first-order valence-electron chi connectivity index (χ1n) is 3.92. The van der Waals surface area contributed by atoms with Crippen molar-refractivity contribution in [2.75, 3.05) is 0 Å². The molecule has 0 aromatic heterocycles. The smallest absolute Gasteiger partial charge is 0.0299 e. The van der Waals surface area contributed by atoms with Crippen LogP contribution in [0.4, 0.5) is 0 Å². The fourth-order valence-corrected chi connectivity index (χ4v) is 0.797. The molecule has 1 rings (SSSR count). The van der Waals surface area contributed by atoms with Crippen molar-refractivity contribution in [2.24, 2.45) is 5.73 Å². The number of hydrogen-bond acceptors (Lipinski definition) is 1. The van der Waals surface area contributed by atoms with Crippen LogP contribution in [0.25, 0.3) is 0 Å². The van der Waals surface area contributed by atoms with Gasteiger partial charge in [-0.25, -0.2) is 0 Å². The molecule has 0 saturated carbocycles. The molecule has 1 aliphatic rings. The fourth-order valence-electron chi connectivity index (χ4n) is 0.797. The first kappa shape index (κ1) is 9.28. The summed E-state index contributed by atoms with van der Waals surface area (Å²) < 4.78 is 0. The predicted octanol–water partition coefficient (Wildman–Crippen LogP) is 2.60. The van der Waals surface area contributed by atoms with Crippen molar-refractivity contribution in [1.82, 2.24) is 0 Å². The van der Waals surface area contributed by atoms with E-state index in [-0.39, 0.29) is 0 Å². The third-order valence-electron chi connectivity index (χ3n) is 1.48. The highest BCUT2D eigenvalue weighted by atomic mass is 14.6. The summed E-state index contributed by atoms with van der Waals surface area (Å²) >= 11 is 0. The summed E-state index contributed by atoms with van der Waals surface area (Å²) in [5, 5.41) is 0. The van der Waals surface area contributed by atoms with Gasteiger partial charge in [0.15, 0.2) is 0 Å². The molecule has 1 heteroatoms. The van der Waals surface area contributed by atoms with Gasteiger partial charge in [-0.2, -0.15) is 0 Å². The van der Waals surface area contributed by atoms with Gasteiger partial charge in [0.1, 0.15) is 0 Å². The van der Waals surface area contributed by atoms with Gasteiger partial charge in [-0.15, -0.1) is 0 Å². The maximum atomic E-state index is 5.57. The van der Waals surface area contributed by atoms with Crippen LogP contribution in [0.3, 0.4) is 0 Å². The number of hydrogen-bond donors (Lipinski definition) is 1. The highest BCUT2D eigenvalue weighted by Crippen LogP contribution is 2.13. The van der Waals surface area contributed by atoms with Gasteiger partial charge in [0.05, 0.1) is 0 Å². The van der Waals surface area contributed by atoms with E-state index in [9.17, 15) is 0 Å². The van der Waals surface area contributed by atoms with E-state index in [4.69, 9.17) is 5.73 Å². The third kappa shape index (κ3) is 2.72. The standard InChI is InChI=1S/C7H11N.C2H6/c1-6-4-2-3-5-7(6)8;1-2/h3,5H,2,4,8H2,1H3;1-2H3. The second-order valence-electron chi connectivity index (χ2n) is 2.18. The minimum atomic E-state index is 0.955. The lowest BCUT2D eigenvalue weighted by atomic mass is 10.0. The van der Waals surface area contributed by atoms with E-state index in [2.05, 4.69) is 13.0 Å². The second-order valence-corrected chi connectivity index (χ2v) is 2.18. The normalized spacial score (nSPS) is 16.3. The first-order valence-corrected chi connectivity index (χ1v) is 3.92. The molecule has 0 aromatic carbocycles. The van der Waals surface area contributed by atoms with Gasteiger partial charge in [-0.1, -0.05) is 25.5 Å². The van der Waals surface area contributed by atoms with Crippen molar-refractivity contribution in [2.45, 2.75) is 33.6 Å². The lowest BCUT2D eigenvalue weighted by molar-refractivity contribution is 0.933. The van der Waals surface area contributed by atoms with Crippen molar-refractivity contribution in [3.63, 3.8) is 0 Å². The number of allylic oxidation sites excluding steroid dienone is 3. The Kier molecular flexibility index (Phi) is 4.73. The van der Waals surface area contributed by atoms with E-state index in [0.29, 0.717) is 0 Å². The molecule has 2 N–H and O–H groups in total. The Labute approximate surface area is 63.6 Å². The molecule has 0 fully saturated rings. The molecule has 0 aliphatic heterocycles. The van der Waals surface area contributed by atoms with E-state index < -0.39 is 0 Å². The van der Waals surface area contributed by atoms with Crippen molar-refractivity contribution in [3.05, 3.63) is 23.4 Å². The zero-order valence-corrected chi connectivity index (χ0v) is 7.15. The van der Waals surface area contributed by atoms with Gasteiger partial charge in [0.25, 0.3) is 0 Å². The predicted molar refractivity (Wildman–Crippen MR) is 46.6 cm³/mol. The molecular weight excluding hydrogens is 122 g/mol. The minimum absolute atomic E-state index is 0.955. The Morgan fingerprint density at radius 1 is 1.40 bits per heavy atom. The van der Waals surface area contributed by atoms with Gasteiger partial charge < -0.3 is 5.73 Å². The van der Waals surface area contributed by atoms with Gasteiger partial charge in [0.2, 0.25) is 0 Å². The summed E-state index contributed by atoms with van der Waals surface area (Å²) in [6.07, 6.45) is 6.40. The van der Waals surface area contributed by atoms with Gasteiger partial charge in [-0.3, -0.25) is 0 Å². The Morgan fingerprint density at radius 2 is 2.00 bits per heavy atom. The molecule has 0 bridgehead atoms. The zero-order chi connectivity index (χ0) is 7.98. The Hall–Kier alpha value is -0.720. The molecule has 0 amide bonds. The lowest BCUT2D eigenvalue weighted by Gasteiger charge is -2.05. The summed E-state index contributed by atoms with van der Waals surface area (Å²) in [5.41, 5.74) is 7.85. The average Bonchev–Trinajstić information content (AvgIpc) is 2.00. The summed E-state index contributed by atoms with van der Waals surface area (Å²) in [4.78, 5) is 0. The Balaban J connectivity index is 0.000000371. The van der Waals surface area contributed by atoms with Crippen molar-refractivity contribution >= 4 is 0 Å². The van der Waals surface area contributed by atoms with E-state index in [1.54, 1.807) is 0 Å². The molecule has 58 valence electrons. The van der Waals surface area contributed by atoms with Crippen LogP contribution in [-0.2, 0) is 0 Å². The van der Waals surface area contributed by atoms with Gasteiger partial charge in [0, 0.05) is 5.70 Å². The fraction of sp³-hybridized carbons (Fsp3) is 0.556. The Bertz CT molecular complexity index is 143. The average molecular weight is 139 g/mol. The molecule has 10 heavy (non-hydrogen) atoms. The second kappa shape index (κ2) is 5.10. The molecule has 1 aliphatic carbocycles. The van der Waals surface area contributed by atoms with Crippen molar-refractivity contribution in [1.29, 1.82) is 0 Å². The molecule has 0 spiro atoms. The van der Waals surface area contributed by atoms with Crippen LogP contribution < -0.4 is 5.73 Å². The van der Waals surface area contributed by atoms with E-state index in [1.165, 1.54) is 5.57 Å². The molecule has 0 atom stereocenters. The highest BCUT2D eigenvalue weighted by molar-refractivity contribution is 5.24. The molecule has 0 aromatic rings. The third-order valence-corrected chi connectivity index (χ3v) is 1.48. The zero-order valence-electron chi connectivity index (χ0n) is 7.15. The molecular formula is C9H17N. The van der Waals surface area contributed by atoms with Crippen LogP contribution in [-0.4, -0.2) is 0 Å². The topological polar surface area (TPSA) is 26.0 Å². The summed E-state index contributed by atoms with van der Waals surface area (Å²) in [7, 11) is 0. The van der Waals surface area contributed by atoms with Crippen LogP contribution in [0.5, 0.6) is 0 Å². The number of nitrogens with two attached hydrogens (primary N) is 1. The molecule has 0 radical (unpaired) electrons. The first-order chi connectivity index (χ1) is 4.80. The monoisotopic (exact) mass is 139 g/mol. The van der Waals surface area contributed by atoms with Crippen molar-refractivity contribution in [3.8, 4) is 0 Å². The van der Waals surface area contributed by atoms with E-state index in [0.717, 1.165) is 18.5 Å². The van der Waals surface area contributed by atoms with Crippen LogP contribution in [0.2, 0.25) is 0 Å². The molecule has 1 nitrogen and oxygen atoms in total. The lowest BCUT2D eigenvalue weighted by Crippen LogP contribution is -2.00. The van der Waals surface area contributed by atoms with E-state index in [1.807, 2.05) is 19.9 Å². The Morgan fingerprint density at radius 3 is 2.30 bits per heavy atom. The highest BCUT2D eigenvalue weighted by Gasteiger charge is 1.97. The summed E-state index contributed by atoms with van der Waals surface area (Å²) in [6, 6.07) is 0. The SMILES string of the molecule is CC.CC1=C(N)C=CCC1. The van der Waals surface area contributed by atoms with Crippen LogP contribution in [0, 0.1) is 0 Å². The van der Waals surface area contributed by atoms with Crippen LogP contribution in [0.15, 0.2) is 23.4 Å². The van der Waals surface area contributed by atoms with Crippen LogP contribution >= 0.6 is 0 Å². The molecule has 0 saturated heterocycles. The molecule has 0 heterocycles. The summed E-state index contributed by atoms with van der Waals surface area (Å²) in [6.45, 7) is 6.08. The van der Waals surface area contributed by atoms with Gasteiger partial charge in [-0.05, 0) is 25.8 Å². The van der Waals surface area contributed by atoms with Gasteiger partial charge >= 0.3 is 0 Å². The summed E-state index contributed by atoms with van der Waals surface area (Å²) in [5.74, 6) is 0. The number of rotatable bonds is 0. The van der Waals surface area contributed by atoms with E-state index >= 15 is 0 Å². The maximum absolute atomic E-state index is 5.57. The maximum Gasteiger partial charge on any atom is 0.0299 e. The minimum Gasteiger partial charge on any atom is -0.399 e. The quantitative estimate of drug-likeness (QED) is 0.548. The molecule has 0 unspecified atom stereocenters. The van der Waals surface area contributed by atoms with Crippen molar-refractivity contribution < 1.29 is 0 Å². The largest absolute Gasteiger partial charge is 0.399 e.